The van der Waals surface area contributed by atoms with Gasteiger partial charge < -0.3 is 4.74 Å². The van der Waals surface area contributed by atoms with Gasteiger partial charge in [0, 0.05) is 23.7 Å². The molecule has 3 heterocycles. The molecule has 0 aliphatic carbocycles. The predicted octanol–water partition coefficient (Wildman–Crippen LogP) is 4.60. The highest BCUT2D eigenvalue weighted by Crippen LogP contribution is 2.29. The lowest BCUT2D eigenvalue weighted by atomic mass is 10.0. The van der Waals surface area contributed by atoms with Crippen molar-refractivity contribution in [3.05, 3.63) is 133 Å². The number of hydrogen-bond donors (Lipinski definition) is 0. The summed E-state index contributed by atoms with van der Waals surface area (Å²) in [5.41, 5.74) is 4.62. The van der Waals surface area contributed by atoms with Gasteiger partial charge in [-0.25, -0.2) is 4.68 Å². The molecule has 0 atom stereocenters. The third-order valence-corrected chi connectivity index (χ3v) is 7.48. The molecule has 0 aliphatic rings. The van der Waals surface area contributed by atoms with Crippen molar-refractivity contribution in [2.24, 2.45) is 0 Å². The lowest BCUT2D eigenvalue weighted by Crippen LogP contribution is -2.28. The van der Waals surface area contributed by atoms with Gasteiger partial charge in [0.15, 0.2) is 0 Å². The smallest absolute Gasteiger partial charge is 0.296 e. The first-order valence-corrected chi connectivity index (χ1v) is 14.1. The molecule has 0 unspecified atom stereocenters. The highest BCUT2D eigenvalue weighted by atomic mass is 32.1. The van der Waals surface area contributed by atoms with E-state index in [1.165, 1.54) is 4.52 Å². The van der Waals surface area contributed by atoms with E-state index in [0.29, 0.717) is 16.6 Å². The van der Waals surface area contributed by atoms with E-state index in [2.05, 4.69) is 10.1 Å². The van der Waals surface area contributed by atoms with E-state index in [4.69, 9.17) is 9.84 Å². The first kappa shape index (κ1) is 26.3. The van der Waals surface area contributed by atoms with Gasteiger partial charge in [-0.05, 0) is 68.3 Å². The number of ether oxygens (including phenoxy) is 1. The van der Waals surface area contributed by atoms with Crippen LogP contribution in [-0.4, -0.2) is 30.5 Å². The topological polar surface area (TPSA) is 91.4 Å². The normalized spacial score (nSPS) is 12.0. The van der Waals surface area contributed by atoms with Gasteiger partial charge in [0.25, 0.3) is 11.1 Å². The Morgan fingerprint density at radius 2 is 1.68 bits per heavy atom. The molecule has 8 nitrogen and oxygen atoms in total. The van der Waals surface area contributed by atoms with Crippen LogP contribution in [-0.2, 0) is 6.42 Å². The van der Waals surface area contributed by atoms with Gasteiger partial charge in [-0.3, -0.25) is 9.59 Å². The second kappa shape index (κ2) is 10.9. The zero-order valence-corrected chi connectivity index (χ0v) is 23.6. The number of thiazole rings is 1. The van der Waals surface area contributed by atoms with E-state index < -0.39 is 5.56 Å². The van der Waals surface area contributed by atoms with Gasteiger partial charge in [-0.2, -0.15) is 19.7 Å². The molecule has 6 aromatic rings. The van der Waals surface area contributed by atoms with Crippen molar-refractivity contribution >= 4 is 22.4 Å². The van der Waals surface area contributed by atoms with Crippen LogP contribution in [0.4, 0.5) is 0 Å². The molecule has 0 saturated heterocycles. The fourth-order valence-electron chi connectivity index (χ4n) is 4.60. The molecule has 204 valence electrons. The molecule has 0 amide bonds. The number of aromatic nitrogens is 5. The number of fused-ring (bicyclic) bond motifs is 1. The molecule has 3 aromatic heterocycles. The summed E-state index contributed by atoms with van der Waals surface area (Å²) in [6.07, 6.45) is 4.05. The van der Waals surface area contributed by atoms with Crippen LogP contribution >= 0.6 is 11.3 Å². The molecular formula is C32H27N5O3S. The Hall–Kier alpha value is -4.89. The van der Waals surface area contributed by atoms with Crippen molar-refractivity contribution in [2.45, 2.75) is 33.3 Å². The van der Waals surface area contributed by atoms with Gasteiger partial charge in [0.05, 0.1) is 16.3 Å². The average molecular weight is 562 g/mol. The summed E-state index contributed by atoms with van der Waals surface area (Å²) in [4.78, 5) is 30.6. The van der Waals surface area contributed by atoms with Crippen molar-refractivity contribution in [2.75, 3.05) is 0 Å². The Morgan fingerprint density at radius 3 is 2.39 bits per heavy atom. The van der Waals surface area contributed by atoms with Crippen LogP contribution in [0.25, 0.3) is 28.0 Å². The molecule has 3 aromatic carbocycles. The third kappa shape index (κ3) is 5.44. The van der Waals surface area contributed by atoms with E-state index in [1.807, 2.05) is 106 Å². The molecule has 0 saturated carbocycles. The van der Waals surface area contributed by atoms with Gasteiger partial charge >= 0.3 is 0 Å². The van der Waals surface area contributed by atoms with Crippen LogP contribution in [0.2, 0.25) is 0 Å². The first-order valence-electron chi connectivity index (χ1n) is 13.3. The Balaban J connectivity index is 1.48. The van der Waals surface area contributed by atoms with Crippen LogP contribution in [0, 0.1) is 6.92 Å². The van der Waals surface area contributed by atoms with E-state index >= 15 is 0 Å². The summed E-state index contributed by atoms with van der Waals surface area (Å²) in [6.45, 7) is 5.99. The second-order valence-electron chi connectivity index (χ2n) is 10.00. The van der Waals surface area contributed by atoms with Crippen LogP contribution in [0.3, 0.4) is 0 Å². The van der Waals surface area contributed by atoms with Gasteiger partial charge in [-0.15, -0.1) is 0 Å². The van der Waals surface area contributed by atoms with Crippen LogP contribution in [0.5, 0.6) is 5.75 Å². The van der Waals surface area contributed by atoms with E-state index in [1.54, 1.807) is 10.8 Å². The van der Waals surface area contributed by atoms with Crippen molar-refractivity contribution in [1.82, 2.24) is 24.4 Å². The van der Waals surface area contributed by atoms with Crippen LogP contribution in [0.1, 0.15) is 36.2 Å². The molecule has 9 heteroatoms. The first-order chi connectivity index (χ1) is 19.9. The summed E-state index contributed by atoms with van der Waals surface area (Å²) in [5, 5.41) is 9.29. The maximum Gasteiger partial charge on any atom is 0.296 e. The summed E-state index contributed by atoms with van der Waals surface area (Å²) in [5.74, 6) is 0.816. The number of benzene rings is 3. The van der Waals surface area contributed by atoms with Gasteiger partial charge in [0.2, 0.25) is 4.96 Å². The predicted molar refractivity (Wildman–Crippen MR) is 161 cm³/mol. The minimum absolute atomic E-state index is 0.0618. The zero-order valence-electron chi connectivity index (χ0n) is 22.8. The molecule has 0 radical (unpaired) electrons. The Morgan fingerprint density at radius 1 is 0.951 bits per heavy atom. The molecule has 0 bridgehead atoms. The summed E-state index contributed by atoms with van der Waals surface area (Å²) >= 11 is 1.13. The van der Waals surface area contributed by atoms with Crippen molar-refractivity contribution < 1.29 is 4.74 Å². The lowest BCUT2D eigenvalue weighted by Gasteiger charge is -2.13. The van der Waals surface area contributed by atoms with Crippen molar-refractivity contribution in [1.29, 1.82) is 0 Å². The third-order valence-electron chi connectivity index (χ3n) is 6.53. The number of nitrogens with zero attached hydrogens (tertiary/aromatic N) is 5. The summed E-state index contributed by atoms with van der Waals surface area (Å²) in [7, 11) is 0. The molecule has 0 spiro atoms. The average Bonchev–Trinajstić information content (AvgIpc) is 3.52. The molecule has 6 rings (SSSR count). The fraction of sp³-hybridized carbons (Fsp3) is 0.156. The van der Waals surface area contributed by atoms with Crippen LogP contribution in [0.15, 0.2) is 94.6 Å². The summed E-state index contributed by atoms with van der Waals surface area (Å²) in [6, 6.07) is 25.3. The Kier molecular flexibility index (Phi) is 7.03. The number of aryl methyl sites for hydroxylation is 1. The Labute approximate surface area is 239 Å². The monoisotopic (exact) mass is 561 g/mol. The highest BCUT2D eigenvalue weighted by molar-refractivity contribution is 7.15. The summed E-state index contributed by atoms with van der Waals surface area (Å²) < 4.78 is 9.35. The van der Waals surface area contributed by atoms with Crippen LogP contribution < -0.4 is 20.4 Å². The van der Waals surface area contributed by atoms with E-state index in [9.17, 15) is 9.59 Å². The maximum atomic E-state index is 13.5. The molecular weight excluding hydrogens is 534 g/mol. The highest BCUT2D eigenvalue weighted by Gasteiger charge is 2.16. The number of rotatable bonds is 7. The zero-order chi connectivity index (χ0) is 28.5. The van der Waals surface area contributed by atoms with Crippen molar-refractivity contribution in [3.8, 4) is 22.7 Å². The quantitative estimate of drug-likeness (QED) is 0.283. The number of hydrogen-bond acceptors (Lipinski definition) is 7. The number of para-hydroxylation sites is 1. The Bertz CT molecular complexity index is 2030. The van der Waals surface area contributed by atoms with Gasteiger partial charge in [0.1, 0.15) is 17.1 Å². The SMILES string of the molecule is Cc1cc(-c2nn(-c3ccccc3)cc2/C=c2/sc3nc(=O)c(Cc4ccccc4)nn3c2=O)ccc1OC(C)C. The largest absolute Gasteiger partial charge is 0.491 e. The minimum Gasteiger partial charge on any atom is -0.491 e. The standard InChI is InChI=1S/C32H27N5O3S/c1-20(2)40-27-15-14-23(16-21(27)3)29-24(19-36(35-29)25-12-8-5-9-13-25)18-28-31(39)37-32(41-28)33-30(38)26(34-37)17-22-10-6-4-7-11-22/h4-16,18-20H,17H2,1-3H3/b28-18+. The van der Waals surface area contributed by atoms with E-state index in [-0.39, 0.29) is 22.3 Å². The van der Waals surface area contributed by atoms with Crippen molar-refractivity contribution in [3.63, 3.8) is 0 Å². The molecule has 41 heavy (non-hydrogen) atoms. The molecule has 0 N–H and O–H groups in total. The van der Waals surface area contributed by atoms with Gasteiger partial charge in [-0.1, -0.05) is 59.9 Å². The lowest BCUT2D eigenvalue weighted by molar-refractivity contribution is 0.241. The fourth-order valence-corrected chi connectivity index (χ4v) is 5.49. The molecule has 0 fully saturated rings. The maximum absolute atomic E-state index is 13.5. The second-order valence-corrected chi connectivity index (χ2v) is 11.0. The molecule has 0 aliphatic heterocycles. The minimum atomic E-state index is -0.432. The van der Waals surface area contributed by atoms with E-state index in [0.717, 1.165) is 45.0 Å².